The second kappa shape index (κ2) is 6.46. The Bertz CT molecular complexity index is 331. The molecule has 0 N–H and O–H groups in total. The average Bonchev–Trinajstić information content (AvgIpc) is 3.06. The summed E-state index contributed by atoms with van der Waals surface area (Å²) in [6, 6.07) is 0. The van der Waals surface area contributed by atoms with E-state index in [-0.39, 0.29) is 17.5 Å². The molecule has 0 saturated heterocycles. The van der Waals surface area contributed by atoms with Crippen LogP contribution in [0, 0.1) is 16.7 Å². The zero-order valence-electron chi connectivity index (χ0n) is 14.3. The Morgan fingerprint density at radius 1 is 1.25 bits per heavy atom. The Hall–Kier alpha value is -0.570. The first-order chi connectivity index (χ1) is 9.14. The van der Waals surface area contributed by atoms with Crippen molar-refractivity contribution in [3.63, 3.8) is 0 Å². The topological polar surface area (TPSA) is 35.5 Å². The van der Waals surface area contributed by atoms with Crippen LogP contribution in [0.5, 0.6) is 0 Å². The van der Waals surface area contributed by atoms with Gasteiger partial charge in [-0.3, -0.25) is 4.79 Å². The first-order valence-electron chi connectivity index (χ1n) is 8.01. The highest BCUT2D eigenvalue weighted by molar-refractivity contribution is 5.78. The minimum Gasteiger partial charge on any atom is -0.435 e. The highest BCUT2D eigenvalue weighted by Crippen LogP contribution is 2.61. The summed E-state index contributed by atoms with van der Waals surface area (Å²) < 4.78 is 11.3. The molecule has 1 rings (SSSR count). The second-order valence-corrected chi connectivity index (χ2v) is 7.42. The third-order valence-electron chi connectivity index (χ3n) is 4.59. The van der Waals surface area contributed by atoms with Crippen LogP contribution in [0.1, 0.15) is 74.1 Å². The predicted octanol–water partition coefficient (Wildman–Crippen LogP) is 4.54. The van der Waals surface area contributed by atoms with Crippen LogP contribution in [0.15, 0.2) is 0 Å². The third kappa shape index (κ3) is 3.97. The van der Waals surface area contributed by atoms with Crippen LogP contribution < -0.4 is 0 Å². The third-order valence-corrected chi connectivity index (χ3v) is 4.59. The lowest BCUT2D eigenvalue weighted by Crippen LogP contribution is -2.41. The SMILES string of the molecule is CCC(OC(=O)C(C)(CC(C)C)C1(C)CC1)OC(C)C. The number of hydrogen-bond donors (Lipinski definition) is 0. The molecule has 0 aromatic rings. The maximum Gasteiger partial charge on any atom is 0.314 e. The quantitative estimate of drug-likeness (QED) is 0.485. The second-order valence-electron chi connectivity index (χ2n) is 7.42. The van der Waals surface area contributed by atoms with Gasteiger partial charge in [-0.05, 0) is 51.4 Å². The van der Waals surface area contributed by atoms with Crippen molar-refractivity contribution >= 4 is 5.97 Å². The number of hydrogen-bond acceptors (Lipinski definition) is 3. The summed E-state index contributed by atoms with van der Waals surface area (Å²) in [6.45, 7) is 14.5. The molecule has 0 bridgehead atoms. The summed E-state index contributed by atoms with van der Waals surface area (Å²) in [5, 5.41) is 0. The summed E-state index contributed by atoms with van der Waals surface area (Å²) >= 11 is 0. The van der Waals surface area contributed by atoms with Gasteiger partial charge in [-0.15, -0.1) is 0 Å². The predicted molar refractivity (Wildman–Crippen MR) is 81.3 cm³/mol. The van der Waals surface area contributed by atoms with Crippen molar-refractivity contribution in [3.8, 4) is 0 Å². The van der Waals surface area contributed by atoms with E-state index < -0.39 is 11.7 Å². The molecule has 0 heterocycles. The van der Waals surface area contributed by atoms with Gasteiger partial charge in [0.15, 0.2) is 0 Å². The summed E-state index contributed by atoms with van der Waals surface area (Å²) in [7, 11) is 0. The van der Waals surface area contributed by atoms with Gasteiger partial charge in [0.2, 0.25) is 6.29 Å². The van der Waals surface area contributed by atoms with Gasteiger partial charge < -0.3 is 9.47 Å². The molecule has 3 heteroatoms. The van der Waals surface area contributed by atoms with E-state index >= 15 is 0 Å². The van der Waals surface area contributed by atoms with Gasteiger partial charge >= 0.3 is 5.97 Å². The minimum absolute atomic E-state index is 0.0700. The highest BCUT2D eigenvalue weighted by Gasteiger charge is 2.58. The number of rotatable bonds is 8. The first-order valence-corrected chi connectivity index (χ1v) is 8.01. The van der Waals surface area contributed by atoms with Crippen molar-refractivity contribution in [1.82, 2.24) is 0 Å². The van der Waals surface area contributed by atoms with Crippen LogP contribution in [0.4, 0.5) is 0 Å². The maximum atomic E-state index is 12.7. The van der Waals surface area contributed by atoms with Crippen LogP contribution >= 0.6 is 0 Å². The van der Waals surface area contributed by atoms with E-state index in [1.807, 2.05) is 20.8 Å². The molecule has 0 spiro atoms. The molecule has 0 aromatic carbocycles. The highest BCUT2D eigenvalue weighted by atomic mass is 16.7. The minimum atomic E-state index is -0.420. The Labute approximate surface area is 124 Å². The zero-order valence-corrected chi connectivity index (χ0v) is 14.3. The Balaban J connectivity index is 2.78. The Morgan fingerprint density at radius 2 is 1.80 bits per heavy atom. The number of carbonyl (C=O) groups excluding carboxylic acids is 1. The van der Waals surface area contributed by atoms with Gasteiger partial charge in [0, 0.05) is 6.42 Å². The van der Waals surface area contributed by atoms with Crippen LogP contribution in [-0.2, 0) is 14.3 Å². The molecule has 1 fully saturated rings. The Kier molecular flexibility index (Phi) is 5.65. The summed E-state index contributed by atoms with van der Waals surface area (Å²) in [6.07, 6.45) is 3.45. The maximum absolute atomic E-state index is 12.7. The number of esters is 1. The largest absolute Gasteiger partial charge is 0.435 e. The van der Waals surface area contributed by atoms with Crippen molar-refractivity contribution < 1.29 is 14.3 Å². The zero-order chi connectivity index (χ0) is 15.6. The lowest BCUT2D eigenvalue weighted by atomic mass is 9.70. The van der Waals surface area contributed by atoms with E-state index in [0.29, 0.717) is 12.3 Å². The molecule has 2 unspecified atom stereocenters. The van der Waals surface area contributed by atoms with Gasteiger partial charge in [0.25, 0.3) is 0 Å². The molecule has 118 valence electrons. The summed E-state index contributed by atoms with van der Waals surface area (Å²) in [5.74, 6) is 0.398. The Morgan fingerprint density at radius 3 is 2.15 bits per heavy atom. The fraction of sp³-hybridized carbons (Fsp3) is 0.941. The van der Waals surface area contributed by atoms with Crippen molar-refractivity contribution in [2.24, 2.45) is 16.7 Å². The molecule has 1 aliphatic carbocycles. The number of carbonyl (C=O) groups is 1. The molecule has 1 saturated carbocycles. The van der Waals surface area contributed by atoms with Crippen molar-refractivity contribution in [1.29, 1.82) is 0 Å². The lowest BCUT2D eigenvalue weighted by Gasteiger charge is -2.36. The summed E-state index contributed by atoms with van der Waals surface area (Å²) in [4.78, 5) is 12.7. The summed E-state index contributed by atoms with van der Waals surface area (Å²) in [5.41, 5.74) is -0.292. The average molecular weight is 284 g/mol. The van der Waals surface area contributed by atoms with Gasteiger partial charge in [-0.1, -0.05) is 27.7 Å². The normalized spacial score (nSPS) is 21.6. The molecule has 0 amide bonds. The monoisotopic (exact) mass is 284 g/mol. The van der Waals surface area contributed by atoms with Gasteiger partial charge in [-0.2, -0.15) is 0 Å². The molecular weight excluding hydrogens is 252 g/mol. The molecule has 0 aromatic heterocycles. The molecule has 1 aliphatic rings. The molecule has 20 heavy (non-hydrogen) atoms. The van der Waals surface area contributed by atoms with Gasteiger partial charge in [-0.25, -0.2) is 0 Å². The van der Waals surface area contributed by atoms with E-state index in [2.05, 4.69) is 27.7 Å². The van der Waals surface area contributed by atoms with Crippen molar-refractivity contribution in [2.75, 3.05) is 0 Å². The van der Waals surface area contributed by atoms with Crippen LogP contribution in [0.2, 0.25) is 0 Å². The fourth-order valence-electron chi connectivity index (χ4n) is 2.89. The fourth-order valence-corrected chi connectivity index (χ4v) is 2.89. The first kappa shape index (κ1) is 17.5. The van der Waals surface area contributed by atoms with Crippen LogP contribution in [0.25, 0.3) is 0 Å². The van der Waals surface area contributed by atoms with Gasteiger partial charge in [0.05, 0.1) is 11.5 Å². The molecule has 0 aliphatic heterocycles. The smallest absolute Gasteiger partial charge is 0.314 e. The molecular formula is C17H32O3. The van der Waals surface area contributed by atoms with E-state index in [1.165, 1.54) is 0 Å². The van der Waals surface area contributed by atoms with Gasteiger partial charge in [0.1, 0.15) is 0 Å². The van der Waals surface area contributed by atoms with Crippen LogP contribution in [0.3, 0.4) is 0 Å². The molecule has 2 atom stereocenters. The molecule has 3 nitrogen and oxygen atoms in total. The van der Waals surface area contributed by atoms with Crippen molar-refractivity contribution in [2.45, 2.75) is 86.5 Å². The lowest BCUT2D eigenvalue weighted by molar-refractivity contribution is -0.201. The standard InChI is InChI=1S/C17H32O3/c1-8-14(19-13(4)5)20-15(18)17(7,11-12(2)3)16(6)9-10-16/h12-14H,8-11H2,1-7H3. The van der Waals surface area contributed by atoms with E-state index in [1.54, 1.807) is 0 Å². The van der Waals surface area contributed by atoms with Crippen LogP contribution in [-0.4, -0.2) is 18.4 Å². The van der Waals surface area contributed by atoms with Crippen molar-refractivity contribution in [3.05, 3.63) is 0 Å². The number of ether oxygens (including phenoxy) is 2. The van der Waals surface area contributed by atoms with E-state index in [0.717, 1.165) is 19.3 Å². The molecule has 0 radical (unpaired) electrons. The van der Waals surface area contributed by atoms with E-state index in [9.17, 15) is 4.79 Å². The van der Waals surface area contributed by atoms with E-state index in [4.69, 9.17) is 9.47 Å².